The smallest absolute Gasteiger partial charge is 0.149 e. The summed E-state index contributed by atoms with van der Waals surface area (Å²) in [5, 5.41) is 12.3. The minimum atomic E-state index is -0.375. The number of aliphatic hydroxyl groups excluding tert-OH is 1. The third-order valence-electron chi connectivity index (χ3n) is 1.91. The Morgan fingerprint density at radius 3 is 2.87 bits per heavy atom. The minimum absolute atomic E-state index is 0.375. The lowest BCUT2D eigenvalue weighted by molar-refractivity contribution is 0.201. The first kappa shape index (κ1) is 11.7. The topological polar surface area (TPSA) is 61.3 Å². The van der Waals surface area contributed by atoms with E-state index < -0.39 is 0 Å². The van der Waals surface area contributed by atoms with Crippen LogP contribution < -0.4 is 10.2 Å². The largest absolute Gasteiger partial charge is 0.392 e. The predicted molar refractivity (Wildman–Crippen MR) is 61.1 cm³/mol. The van der Waals surface area contributed by atoms with Gasteiger partial charge >= 0.3 is 0 Å². The Morgan fingerprint density at radius 1 is 1.53 bits per heavy atom. The predicted octanol–water partition coefficient (Wildman–Crippen LogP) is 0.725. The maximum atomic E-state index is 9.25. The first-order valence-electron chi connectivity index (χ1n) is 5.08. The molecule has 1 unspecified atom stereocenters. The summed E-state index contributed by atoms with van der Waals surface area (Å²) in [5.74, 6) is 1.52. The summed E-state index contributed by atoms with van der Waals surface area (Å²) in [6.45, 7) is 5.12. The van der Waals surface area contributed by atoms with Crippen molar-refractivity contribution in [1.82, 2.24) is 9.97 Å². The Morgan fingerprint density at radius 2 is 2.27 bits per heavy atom. The summed E-state index contributed by atoms with van der Waals surface area (Å²) in [5.41, 5.74) is 0. The first-order chi connectivity index (χ1) is 7.13. The normalized spacial score (nSPS) is 12.3. The van der Waals surface area contributed by atoms with Crippen LogP contribution in [-0.4, -0.2) is 41.3 Å². The molecule has 0 bridgehead atoms. The molecule has 5 heteroatoms. The molecule has 15 heavy (non-hydrogen) atoms. The van der Waals surface area contributed by atoms with Crippen LogP contribution in [0.25, 0.3) is 0 Å². The maximum Gasteiger partial charge on any atom is 0.149 e. The van der Waals surface area contributed by atoms with Gasteiger partial charge in [-0.3, -0.25) is 4.98 Å². The van der Waals surface area contributed by atoms with E-state index in [-0.39, 0.29) is 6.10 Å². The second-order valence-corrected chi connectivity index (χ2v) is 3.52. The van der Waals surface area contributed by atoms with Crippen molar-refractivity contribution in [3.63, 3.8) is 0 Å². The van der Waals surface area contributed by atoms with E-state index in [1.807, 2.05) is 18.9 Å². The van der Waals surface area contributed by atoms with Crippen molar-refractivity contribution in [1.29, 1.82) is 0 Å². The lowest BCUT2D eigenvalue weighted by Crippen LogP contribution is -2.27. The summed E-state index contributed by atoms with van der Waals surface area (Å²) in [4.78, 5) is 10.3. The van der Waals surface area contributed by atoms with Crippen LogP contribution >= 0.6 is 0 Å². The molecule has 0 amide bonds. The minimum Gasteiger partial charge on any atom is -0.392 e. The van der Waals surface area contributed by atoms with Gasteiger partial charge in [0.25, 0.3) is 0 Å². The second kappa shape index (κ2) is 5.50. The van der Waals surface area contributed by atoms with Crippen molar-refractivity contribution in [2.24, 2.45) is 0 Å². The van der Waals surface area contributed by atoms with Gasteiger partial charge in [0.1, 0.15) is 11.6 Å². The van der Waals surface area contributed by atoms with E-state index in [2.05, 4.69) is 15.3 Å². The Labute approximate surface area is 90.2 Å². The van der Waals surface area contributed by atoms with Crippen LogP contribution in [0.1, 0.15) is 13.8 Å². The van der Waals surface area contributed by atoms with Gasteiger partial charge in [-0.2, -0.15) is 0 Å². The fraction of sp³-hybridized carbons (Fsp3) is 0.600. The molecule has 0 aromatic carbocycles. The van der Waals surface area contributed by atoms with Crippen LogP contribution in [0, 0.1) is 0 Å². The zero-order valence-corrected chi connectivity index (χ0v) is 9.44. The first-order valence-corrected chi connectivity index (χ1v) is 5.08. The Kier molecular flexibility index (Phi) is 4.30. The number of hydrogen-bond donors (Lipinski definition) is 2. The van der Waals surface area contributed by atoms with Crippen molar-refractivity contribution in [3.8, 4) is 0 Å². The number of rotatable bonds is 5. The molecule has 2 N–H and O–H groups in total. The van der Waals surface area contributed by atoms with Gasteiger partial charge in [0.05, 0.1) is 18.5 Å². The van der Waals surface area contributed by atoms with Crippen LogP contribution in [0.15, 0.2) is 12.4 Å². The summed E-state index contributed by atoms with van der Waals surface area (Å²) in [7, 11) is 1.88. The molecule has 0 saturated carbocycles. The van der Waals surface area contributed by atoms with E-state index >= 15 is 0 Å². The molecule has 0 fully saturated rings. The van der Waals surface area contributed by atoms with Crippen LogP contribution in [0.4, 0.5) is 11.6 Å². The lowest BCUT2D eigenvalue weighted by Gasteiger charge is -2.19. The Hall–Kier alpha value is -1.36. The van der Waals surface area contributed by atoms with Gasteiger partial charge in [-0.1, -0.05) is 0 Å². The average Bonchev–Trinajstić information content (AvgIpc) is 2.17. The van der Waals surface area contributed by atoms with Crippen LogP contribution in [0.3, 0.4) is 0 Å². The lowest BCUT2D eigenvalue weighted by atomic mass is 10.4. The van der Waals surface area contributed by atoms with Crippen molar-refractivity contribution >= 4 is 11.6 Å². The third kappa shape index (κ3) is 3.71. The summed E-state index contributed by atoms with van der Waals surface area (Å²) in [6.07, 6.45) is 2.99. The highest BCUT2D eigenvalue weighted by molar-refractivity contribution is 5.43. The number of aliphatic hydroxyl groups is 1. The van der Waals surface area contributed by atoms with Crippen molar-refractivity contribution in [3.05, 3.63) is 12.4 Å². The van der Waals surface area contributed by atoms with Gasteiger partial charge < -0.3 is 15.3 Å². The van der Waals surface area contributed by atoms with Crippen molar-refractivity contribution in [2.75, 3.05) is 30.4 Å². The quantitative estimate of drug-likeness (QED) is 0.750. The van der Waals surface area contributed by atoms with Gasteiger partial charge in [-0.25, -0.2) is 4.98 Å². The molecule has 5 nitrogen and oxygen atoms in total. The molecule has 0 spiro atoms. The number of hydrogen-bond acceptors (Lipinski definition) is 5. The van der Waals surface area contributed by atoms with Crippen LogP contribution in [0.2, 0.25) is 0 Å². The Bertz CT molecular complexity index is 303. The standard InChI is InChI=1S/C10H18N4O/c1-4-12-9-5-11-6-10(13-9)14(3)7-8(2)15/h5-6,8,15H,4,7H2,1-3H3,(H,12,13). The number of nitrogens with zero attached hydrogens (tertiary/aromatic N) is 3. The zero-order valence-electron chi connectivity index (χ0n) is 9.44. The number of aromatic nitrogens is 2. The number of nitrogens with one attached hydrogen (secondary N) is 1. The SMILES string of the molecule is CCNc1cncc(N(C)CC(C)O)n1. The van der Waals surface area contributed by atoms with Gasteiger partial charge in [0, 0.05) is 20.1 Å². The zero-order chi connectivity index (χ0) is 11.3. The van der Waals surface area contributed by atoms with Gasteiger partial charge in [-0.15, -0.1) is 0 Å². The molecule has 84 valence electrons. The molecule has 0 aliphatic carbocycles. The van der Waals surface area contributed by atoms with Crippen LogP contribution in [-0.2, 0) is 0 Å². The van der Waals surface area contributed by atoms with Crippen molar-refractivity contribution in [2.45, 2.75) is 20.0 Å². The number of likely N-dealkylation sites (N-methyl/N-ethyl adjacent to an activating group) is 1. The molecule has 0 aliphatic rings. The molecule has 0 saturated heterocycles. The summed E-state index contributed by atoms with van der Waals surface area (Å²) in [6, 6.07) is 0. The molecule has 1 rings (SSSR count). The van der Waals surface area contributed by atoms with Crippen LogP contribution in [0.5, 0.6) is 0 Å². The molecule has 1 aromatic heterocycles. The van der Waals surface area contributed by atoms with E-state index in [4.69, 9.17) is 0 Å². The maximum absolute atomic E-state index is 9.25. The highest BCUT2D eigenvalue weighted by Gasteiger charge is 2.06. The Balaban J connectivity index is 2.71. The van der Waals surface area contributed by atoms with Gasteiger partial charge in [-0.05, 0) is 13.8 Å². The van der Waals surface area contributed by atoms with Gasteiger partial charge in [0.15, 0.2) is 0 Å². The molecular formula is C10H18N4O. The fourth-order valence-corrected chi connectivity index (χ4v) is 1.30. The molecular weight excluding hydrogens is 192 g/mol. The van der Waals surface area contributed by atoms with E-state index in [1.54, 1.807) is 19.3 Å². The second-order valence-electron chi connectivity index (χ2n) is 3.52. The van der Waals surface area contributed by atoms with E-state index in [0.717, 1.165) is 18.2 Å². The molecule has 1 atom stereocenters. The summed E-state index contributed by atoms with van der Waals surface area (Å²) < 4.78 is 0. The molecule has 0 aliphatic heterocycles. The third-order valence-corrected chi connectivity index (χ3v) is 1.91. The summed E-state index contributed by atoms with van der Waals surface area (Å²) >= 11 is 0. The monoisotopic (exact) mass is 210 g/mol. The van der Waals surface area contributed by atoms with Gasteiger partial charge in [0.2, 0.25) is 0 Å². The average molecular weight is 210 g/mol. The molecule has 1 aromatic rings. The van der Waals surface area contributed by atoms with Crippen molar-refractivity contribution < 1.29 is 5.11 Å². The molecule has 0 radical (unpaired) electrons. The fourth-order valence-electron chi connectivity index (χ4n) is 1.30. The number of anilines is 2. The highest BCUT2D eigenvalue weighted by Crippen LogP contribution is 2.10. The van der Waals surface area contributed by atoms with E-state index in [9.17, 15) is 5.11 Å². The van der Waals surface area contributed by atoms with E-state index in [1.165, 1.54) is 0 Å². The highest BCUT2D eigenvalue weighted by atomic mass is 16.3. The molecule has 1 heterocycles. The van der Waals surface area contributed by atoms with E-state index in [0.29, 0.717) is 6.54 Å².